The quantitative estimate of drug-likeness (QED) is 0.0928. The Kier molecular flexibility index (Phi) is 8.84. The second-order valence-electron chi connectivity index (χ2n) is 19.1. The predicted molar refractivity (Wildman–Crippen MR) is 282 cm³/mol. The lowest BCUT2D eigenvalue weighted by molar-refractivity contribution is -0.664. The van der Waals surface area contributed by atoms with Gasteiger partial charge in [-0.1, -0.05) is 97.1 Å². The van der Waals surface area contributed by atoms with Crippen LogP contribution in [-0.2, 0) is 7.05 Å². The molecule has 0 aliphatic carbocycles. The third-order valence-corrected chi connectivity index (χ3v) is 14.9. The van der Waals surface area contributed by atoms with Gasteiger partial charge in [0.05, 0.1) is 42.3 Å². The molecule has 15 rings (SSSR count). The van der Waals surface area contributed by atoms with Gasteiger partial charge in [-0.25, -0.2) is 14.6 Å². The van der Waals surface area contributed by atoms with Crippen LogP contribution in [0.4, 0.5) is 0 Å². The first-order chi connectivity index (χ1) is 35.8. The van der Waals surface area contributed by atoms with E-state index in [9.17, 15) is 0 Å². The molecule has 346 valence electrons. The molecule has 5 aromatic heterocycles. The molecule has 0 bridgehead atoms. The third kappa shape index (κ3) is 6.27. The van der Waals surface area contributed by atoms with Crippen LogP contribution in [-0.4, -0.2) is 37.7 Å². The third-order valence-electron chi connectivity index (χ3n) is 14.9. The number of fused-ring (bicyclic) bond motifs is 8. The van der Waals surface area contributed by atoms with Crippen LogP contribution < -0.4 is 56.3 Å². The lowest BCUT2D eigenvalue weighted by Crippen LogP contribution is -2.57. The number of hydrogen-bond donors (Lipinski definition) is 0. The van der Waals surface area contributed by atoms with E-state index >= 15 is 0 Å². The molecular formula is C60H40B2N6O5. The van der Waals surface area contributed by atoms with Crippen LogP contribution in [0, 0.1) is 27.1 Å². The second-order valence-corrected chi connectivity index (χ2v) is 19.1. The van der Waals surface area contributed by atoms with Crippen molar-refractivity contribution >= 4 is 46.2 Å². The average Bonchev–Trinajstić information content (AvgIpc) is 4.13. The van der Waals surface area contributed by atoms with Gasteiger partial charge >= 0.3 is 0 Å². The van der Waals surface area contributed by atoms with E-state index in [4.69, 9.17) is 38.4 Å². The fourth-order valence-electron chi connectivity index (χ4n) is 11.6. The maximum atomic E-state index is 6.64. The van der Waals surface area contributed by atoms with E-state index in [1.165, 1.54) is 0 Å². The number of benzene rings is 6. The Balaban J connectivity index is 0.797. The van der Waals surface area contributed by atoms with E-state index in [2.05, 4.69) is 129 Å². The van der Waals surface area contributed by atoms with E-state index in [0.29, 0.717) is 11.8 Å². The topological polar surface area (TPSA) is 102 Å². The van der Waals surface area contributed by atoms with Crippen molar-refractivity contribution in [3.63, 3.8) is 0 Å². The van der Waals surface area contributed by atoms with Crippen molar-refractivity contribution in [3.8, 4) is 102 Å². The normalized spacial score (nSPS) is 13.0. The molecule has 0 radical (unpaired) electrons. The smallest absolute Gasteiger partial charge is 0.262 e. The molecule has 11 nitrogen and oxygen atoms in total. The summed E-state index contributed by atoms with van der Waals surface area (Å²) < 4.78 is 38.9. The number of aromatic nitrogens is 6. The molecule has 73 heavy (non-hydrogen) atoms. The molecule has 0 saturated carbocycles. The van der Waals surface area contributed by atoms with Gasteiger partial charge in [0.15, 0.2) is 0 Å². The minimum absolute atomic E-state index is 0.214. The van der Waals surface area contributed by atoms with Gasteiger partial charge in [-0.15, -0.1) is 0 Å². The second kappa shape index (κ2) is 15.6. The first-order valence-corrected chi connectivity index (χ1v) is 24.3. The molecule has 0 unspecified atom stereocenters. The molecular weight excluding hydrogens is 906 g/mol. The summed E-state index contributed by atoms with van der Waals surface area (Å²) in [6.45, 7) is 5.83. The lowest BCUT2D eigenvalue weighted by Gasteiger charge is -2.32. The molecule has 11 aromatic rings. The van der Waals surface area contributed by atoms with Gasteiger partial charge in [0.2, 0.25) is 18.1 Å². The molecule has 9 heterocycles. The standard InChI is InChI=1S/C60H40B2N6O5/c1-34-55(37-13-7-5-8-14-37)35(2)68(65-34)43-29-47-60(64-31-43)73-53-20-12-18-51-57(53)62(47)45-26-40(22-24-49(45)71-51)54-27-41(32-69-54)39-21-23-48-44(25-39)61-46-28-42(30-63-59(46)72-52-19-11-17-50(70-48)56(52)61)67-33-66(4)58(36(67)3)38-15-9-6-10-16-38/h5-32H,1-4H3. The maximum absolute atomic E-state index is 6.64. The monoisotopic (exact) mass is 946 g/mol. The van der Waals surface area contributed by atoms with E-state index in [1.54, 1.807) is 0 Å². The number of rotatable bonds is 6. The lowest BCUT2D eigenvalue weighted by atomic mass is 9.35. The zero-order valence-electron chi connectivity index (χ0n) is 40.0. The van der Waals surface area contributed by atoms with Crippen LogP contribution in [0.3, 0.4) is 0 Å². The summed E-state index contributed by atoms with van der Waals surface area (Å²) in [7, 11) is 2.03. The van der Waals surface area contributed by atoms with Crippen LogP contribution in [0.5, 0.6) is 46.3 Å². The Hall–Kier alpha value is -9.35. The average molecular weight is 947 g/mol. The summed E-state index contributed by atoms with van der Waals surface area (Å²) in [6, 6.07) is 51.7. The van der Waals surface area contributed by atoms with Crippen molar-refractivity contribution in [2.75, 3.05) is 0 Å². The van der Waals surface area contributed by atoms with Crippen molar-refractivity contribution < 1.29 is 27.9 Å². The van der Waals surface area contributed by atoms with Crippen LogP contribution in [0.15, 0.2) is 175 Å². The number of hydrogen-bond acceptors (Lipinski definition) is 8. The maximum Gasteiger partial charge on any atom is 0.262 e. The Morgan fingerprint density at radius 2 is 1.05 bits per heavy atom. The van der Waals surface area contributed by atoms with Crippen molar-refractivity contribution in [2.45, 2.75) is 20.8 Å². The minimum Gasteiger partial charge on any atom is -0.464 e. The predicted octanol–water partition coefficient (Wildman–Crippen LogP) is 8.72. The number of furan rings is 1. The zero-order chi connectivity index (χ0) is 48.6. The van der Waals surface area contributed by atoms with Gasteiger partial charge in [0.25, 0.3) is 13.4 Å². The molecule has 0 fully saturated rings. The molecule has 4 aliphatic heterocycles. The summed E-state index contributed by atoms with van der Waals surface area (Å²) in [4.78, 5) is 9.89. The highest BCUT2D eigenvalue weighted by Gasteiger charge is 2.43. The molecule has 0 N–H and O–H groups in total. The highest BCUT2D eigenvalue weighted by molar-refractivity contribution is 6.99. The number of pyridine rings is 2. The summed E-state index contributed by atoms with van der Waals surface area (Å²) in [6.07, 6.45) is 9.06. The summed E-state index contributed by atoms with van der Waals surface area (Å²) >= 11 is 0. The molecule has 4 aliphatic rings. The van der Waals surface area contributed by atoms with Crippen molar-refractivity contribution in [1.29, 1.82) is 0 Å². The van der Waals surface area contributed by atoms with Gasteiger partial charge in [0, 0.05) is 45.2 Å². The summed E-state index contributed by atoms with van der Waals surface area (Å²) in [5.74, 6) is 6.35. The van der Waals surface area contributed by atoms with Crippen LogP contribution in [0.2, 0.25) is 0 Å². The summed E-state index contributed by atoms with van der Waals surface area (Å²) in [5.41, 5.74) is 17.8. The first-order valence-electron chi connectivity index (χ1n) is 24.3. The Bertz CT molecular complexity index is 3840. The SMILES string of the molecule is Cc1nn(-c2cnc3c(c2)B2c4cc(-c5cc(-c6ccc7c(c6)B6c8cc(-n9[c-][n+](C)c(-c%10ccccc%10)c9C)cnc8Oc8cccc(c86)O7)co5)ccc4Oc4cccc(c42)O3)c(C)c1-c1ccccc1. The molecule has 13 heteroatoms. The number of ether oxygens (including phenoxy) is 4. The largest absolute Gasteiger partial charge is 0.464 e. The summed E-state index contributed by atoms with van der Waals surface area (Å²) in [5, 5.41) is 5.03. The van der Waals surface area contributed by atoms with E-state index in [0.717, 1.165) is 141 Å². The van der Waals surface area contributed by atoms with Crippen LogP contribution in [0.1, 0.15) is 17.1 Å². The van der Waals surface area contributed by atoms with Crippen molar-refractivity contribution in [3.05, 3.63) is 194 Å². The van der Waals surface area contributed by atoms with E-state index < -0.39 is 0 Å². The molecule has 0 saturated heterocycles. The van der Waals surface area contributed by atoms with Gasteiger partial charge in [0.1, 0.15) is 40.3 Å². The van der Waals surface area contributed by atoms with E-state index in [-0.39, 0.29) is 13.4 Å². The van der Waals surface area contributed by atoms with Crippen LogP contribution >= 0.6 is 0 Å². The van der Waals surface area contributed by atoms with Crippen LogP contribution in [0.25, 0.3) is 56.2 Å². The Morgan fingerprint density at radius 3 is 1.70 bits per heavy atom. The molecule has 0 amide bonds. The highest BCUT2D eigenvalue weighted by atomic mass is 16.5. The molecule has 0 spiro atoms. The minimum atomic E-state index is -0.232. The fraction of sp³-hybridized carbons (Fsp3) is 0.0667. The van der Waals surface area contributed by atoms with Gasteiger partial charge < -0.3 is 32.5 Å². The number of aryl methyl sites for hydroxylation is 2. The Morgan fingerprint density at radius 1 is 0.493 bits per heavy atom. The van der Waals surface area contributed by atoms with Crippen molar-refractivity contribution in [1.82, 2.24) is 24.3 Å². The highest BCUT2D eigenvalue weighted by Crippen LogP contribution is 2.39. The zero-order valence-corrected chi connectivity index (χ0v) is 40.0. The fourth-order valence-corrected chi connectivity index (χ4v) is 11.6. The Labute approximate surface area is 420 Å². The first kappa shape index (κ1) is 41.4. The van der Waals surface area contributed by atoms with E-state index in [1.807, 2.05) is 89.6 Å². The van der Waals surface area contributed by atoms with Gasteiger partial charge in [-0.3, -0.25) is 0 Å². The number of imidazole rings is 1. The van der Waals surface area contributed by atoms with Gasteiger partial charge in [-0.05, 0) is 114 Å². The van der Waals surface area contributed by atoms with Gasteiger partial charge in [-0.2, -0.15) is 5.10 Å². The van der Waals surface area contributed by atoms with Crippen molar-refractivity contribution in [2.24, 2.45) is 7.05 Å². The molecule has 0 atom stereocenters. The number of nitrogens with zero attached hydrogens (tertiary/aromatic N) is 6. The molecule has 6 aromatic carbocycles.